The fourth-order valence-electron chi connectivity index (χ4n) is 1.73. The van der Waals surface area contributed by atoms with Crippen molar-refractivity contribution in [1.29, 1.82) is 0 Å². The van der Waals surface area contributed by atoms with Crippen LogP contribution in [0.25, 0.3) is 0 Å². The Hall–Kier alpha value is -1.59. The third-order valence-corrected chi connectivity index (χ3v) is 2.81. The molecule has 0 bridgehead atoms. The van der Waals surface area contributed by atoms with E-state index in [1.165, 1.54) is 0 Å². The smallest absolute Gasteiger partial charge is 0.304 e. The zero-order chi connectivity index (χ0) is 14.3. The van der Waals surface area contributed by atoms with Gasteiger partial charge in [-0.3, -0.25) is 4.79 Å². The monoisotopic (exact) mass is 267 g/mol. The van der Waals surface area contributed by atoms with E-state index in [9.17, 15) is 9.90 Å². The first-order chi connectivity index (χ1) is 9.04. The molecule has 0 aliphatic carbocycles. The van der Waals surface area contributed by atoms with E-state index in [1.54, 1.807) is 0 Å². The number of carboxylic acid groups (broad SMARTS) is 1. The molecule has 1 rings (SSSR count). The van der Waals surface area contributed by atoms with Crippen LogP contribution in [0.1, 0.15) is 31.9 Å². The van der Waals surface area contributed by atoms with Gasteiger partial charge in [0.05, 0.1) is 19.1 Å². The molecule has 2 atom stereocenters. The summed E-state index contributed by atoms with van der Waals surface area (Å²) in [6, 6.07) is 7.03. The van der Waals surface area contributed by atoms with Gasteiger partial charge in [-0.15, -0.1) is 0 Å². The van der Waals surface area contributed by atoms with Crippen LogP contribution in [0, 0.1) is 0 Å². The van der Waals surface area contributed by atoms with E-state index < -0.39 is 12.1 Å². The number of carbonyl (C=O) groups is 1. The summed E-state index contributed by atoms with van der Waals surface area (Å²) in [5.74, 6) is -0.0832. The van der Waals surface area contributed by atoms with Crippen LogP contribution in [0.3, 0.4) is 0 Å². The minimum atomic E-state index is -0.852. The predicted octanol–water partition coefficient (Wildman–Crippen LogP) is 1.57. The van der Waals surface area contributed by atoms with Crippen LogP contribution in [-0.4, -0.2) is 35.4 Å². The first-order valence-electron chi connectivity index (χ1n) is 6.40. The van der Waals surface area contributed by atoms with Crippen LogP contribution in [-0.2, 0) is 4.79 Å². The van der Waals surface area contributed by atoms with Gasteiger partial charge in [-0.1, -0.05) is 12.1 Å². The highest BCUT2D eigenvalue weighted by atomic mass is 16.5. The SMILES string of the molecule is CCOc1ccc(C(O)C(C)NCCC(=O)O)cc1. The number of aliphatic carboxylic acids is 1. The molecule has 0 aromatic heterocycles. The number of hydrogen-bond acceptors (Lipinski definition) is 4. The molecule has 2 unspecified atom stereocenters. The highest BCUT2D eigenvalue weighted by Crippen LogP contribution is 2.20. The van der Waals surface area contributed by atoms with Crippen molar-refractivity contribution in [3.63, 3.8) is 0 Å². The number of aliphatic hydroxyl groups excluding tert-OH is 1. The number of benzene rings is 1. The van der Waals surface area contributed by atoms with Gasteiger partial charge in [0.1, 0.15) is 5.75 Å². The Balaban J connectivity index is 2.51. The molecule has 1 aromatic rings. The maximum atomic E-state index is 10.4. The van der Waals surface area contributed by atoms with Gasteiger partial charge in [0, 0.05) is 12.6 Å². The van der Waals surface area contributed by atoms with Crippen molar-refractivity contribution in [2.24, 2.45) is 0 Å². The quantitative estimate of drug-likeness (QED) is 0.666. The van der Waals surface area contributed by atoms with E-state index in [4.69, 9.17) is 9.84 Å². The first-order valence-corrected chi connectivity index (χ1v) is 6.40. The molecule has 0 radical (unpaired) electrons. The summed E-state index contributed by atoms with van der Waals surface area (Å²) >= 11 is 0. The van der Waals surface area contributed by atoms with Crippen LogP contribution in [0.4, 0.5) is 0 Å². The van der Waals surface area contributed by atoms with Crippen molar-refractivity contribution >= 4 is 5.97 Å². The second-order valence-corrected chi connectivity index (χ2v) is 4.33. The van der Waals surface area contributed by atoms with E-state index in [-0.39, 0.29) is 12.5 Å². The van der Waals surface area contributed by atoms with Gasteiger partial charge in [0.25, 0.3) is 0 Å². The van der Waals surface area contributed by atoms with Gasteiger partial charge in [0.15, 0.2) is 0 Å². The summed E-state index contributed by atoms with van der Waals surface area (Å²) in [5.41, 5.74) is 0.777. The third-order valence-electron chi connectivity index (χ3n) is 2.81. The summed E-state index contributed by atoms with van der Waals surface area (Å²) < 4.78 is 5.33. The number of rotatable bonds is 8. The minimum Gasteiger partial charge on any atom is -0.494 e. The Morgan fingerprint density at radius 2 is 2.00 bits per heavy atom. The highest BCUT2D eigenvalue weighted by Gasteiger charge is 2.16. The molecule has 0 spiro atoms. The van der Waals surface area contributed by atoms with Crippen LogP contribution in [0.5, 0.6) is 5.75 Å². The second-order valence-electron chi connectivity index (χ2n) is 4.33. The molecule has 5 heteroatoms. The van der Waals surface area contributed by atoms with Gasteiger partial charge in [-0.2, -0.15) is 0 Å². The van der Waals surface area contributed by atoms with E-state index in [1.807, 2.05) is 38.1 Å². The van der Waals surface area contributed by atoms with Gasteiger partial charge < -0.3 is 20.3 Å². The second kappa shape index (κ2) is 7.76. The maximum Gasteiger partial charge on any atom is 0.304 e. The molecule has 0 heterocycles. The van der Waals surface area contributed by atoms with Crippen molar-refractivity contribution in [3.05, 3.63) is 29.8 Å². The van der Waals surface area contributed by atoms with Gasteiger partial charge >= 0.3 is 5.97 Å². The summed E-state index contributed by atoms with van der Waals surface area (Å²) in [4.78, 5) is 10.4. The molecule has 0 aliphatic rings. The largest absolute Gasteiger partial charge is 0.494 e. The van der Waals surface area contributed by atoms with E-state index in [0.29, 0.717) is 13.2 Å². The maximum absolute atomic E-state index is 10.4. The van der Waals surface area contributed by atoms with Gasteiger partial charge in [-0.05, 0) is 31.5 Å². The lowest BCUT2D eigenvalue weighted by Crippen LogP contribution is -2.33. The number of aliphatic hydroxyl groups is 1. The normalized spacial score (nSPS) is 13.8. The number of hydrogen-bond donors (Lipinski definition) is 3. The third kappa shape index (κ3) is 5.28. The Labute approximate surface area is 113 Å². The summed E-state index contributed by atoms with van der Waals surface area (Å²) in [6.07, 6.45) is -0.634. The number of carboxylic acids is 1. The zero-order valence-electron chi connectivity index (χ0n) is 11.3. The molecular weight excluding hydrogens is 246 g/mol. The van der Waals surface area contributed by atoms with Crippen molar-refractivity contribution in [2.45, 2.75) is 32.4 Å². The number of nitrogens with one attached hydrogen (secondary N) is 1. The number of ether oxygens (including phenoxy) is 1. The van der Waals surface area contributed by atoms with Gasteiger partial charge in [-0.25, -0.2) is 0 Å². The lowest BCUT2D eigenvalue weighted by molar-refractivity contribution is -0.136. The summed E-state index contributed by atoms with van der Waals surface area (Å²) in [6.45, 7) is 4.68. The minimum absolute atomic E-state index is 0.0420. The molecule has 0 saturated heterocycles. The predicted molar refractivity (Wildman–Crippen MR) is 72.3 cm³/mol. The van der Waals surface area contributed by atoms with Gasteiger partial charge in [0.2, 0.25) is 0 Å². The summed E-state index contributed by atoms with van der Waals surface area (Å²) in [7, 11) is 0. The zero-order valence-corrected chi connectivity index (χ0v) is 11.3. The van der Waals surface area contributed by atoms with E-state index >= 15 is 0 Å². The Kier molecular flexibility index (Phi) is 6.32. The van der Waals surface area contributed by atoms with E-state index in [2.05, 4.69) is 5.32 Å². The lowest BCUT2D eigenvalue weighted by Gasteiger charge is -2.20. The first kappa shape index (κ1) is 15.5. The Morgan fingerprint density at radius 1 is 1.37 bits per heavy atom. The average Bonchev–Trinajstić information content (AvgIpc) is 2.38. The molecule has 3 N–H and O–H groups in total. The molecule has 0 amide bonds. The fourth-order valence-corrected chi connectivity index (χ4v) is 1.73. The molecule has 0 fully saturated rings. The molecule has 0 aliphatic heterocycles. The van der Waals surface area contributed by atoms with Crippen molar-refractivity contribution in [1.82, 2.24) is 5.32 Å². The molecular formula is C14H21NO4. The highest BCUT2D eigenvalue weighted by molar-refractivity contribution is 5.66. The van der Waals surface area contributed by atoms with Crippen molar-refractivity contribution in [3.8, 4) is 5.75 Å². The van der Waals surface area contributed by atoms with Crippen molar-refractivity contribution < 1.29 is 19.7 Å². The Morgan fingerprint density at radius 3 is 2.53 bits per heavy atom. The lowest BCUT2D eigenvalue weighted by atomic mass is 10.0. The Bertz CT molecular complexity index is 391. The molecule has 5 nitrogen and oxygen atoms in total. The van der Waals surface area contributed by atoms with Crippen LogP contribution in [0.15, 0.2) is 24.3 Å². The molecule has 1 aromatic carbocycles. The summed E-state index contributed by atoms with van der Waals surface area (Å²) in [5, 5.41) is 21.7. The van der Waals surface area contributed by atoms with Crippen LogP contribution < -0.4 is 10.1 Å². The van der Waals surface area contributed by atoms with Crippen LogP contribution >= 0.6 is 0 Å². The topological polar surface area (TPSA) is 78.8 Å². The van der Waals surface area contributed by atoms with Crippen molar-refractivity contribution in [2.75, 3.05) is 13.2 Å². The van der Waals surface area contributed by atoms with E-state index in [0.717, 1.165) is 11.3 Å². The molecule has 0 saturated carbocycles. The molecule has 19 heavy (non-hydrogen) atoms. The van der Waals surface area contributed by atoms with Crippen LogP contribution in [0.2, 0.25) is 0 Å². The average molecular weight is 267 g/mol. The standard InChI is InChI=1S/C14H21NO4/c1-3-19-12-6-4-11(5-7-12)14(18)10(2)15-9-8-13(16)17/h4-7,10,14-15,18H,3,8-9H2,1-2H3,(H,16,17). The fraction of sp³-hybridized carbons (Fsp3) is 0.500. The molecule has 106 valence electrons.